The maximum atomic E-state index is 6.36. The summed E-state index contributed by atoms with van der Waals surface area (Å²) in [4.78, 5) is 4.90. The third kappa shape index (κ3) is 3.53. The van der Waals surface area contributed by atoms with Crippen LogP contribution in [0.25, 0.3) is 0 Å². The summed E-state index contributed by atoms with van der Waals surface area (Å²) in [6.45, 7) is 19.8. The van der Waals surface area contributed by atoms with E-state index < -0.39 is 5.85 Å². The van der Waals surface area contributed by atoms with Gasteiger partial charge >= 0.3 is 0 Å². The van der Waals surface area contributed by atoms with Crippen molar-refractivity contribution in [2.75, 3.05) is 19.8 Å². The molecule has 0 aromatic heterocycles. The molecule has 120 valence electrons. The standard InChI is InChI=1S/C16H34N2O2/c1-12(2)17(13(3)4)16(11-19-9-10-20-16)18(14(5)6)15(7)8/h12-15H,9-11H2,1-8H3. The third-order valence-corrected chi connectivity index (χ3v) is 3.88. The van der Waals surface area contributed by atoms with Gasteiger partial charge in [0, 0.05) is 24.2 Å². The fraction of sp³-hybridized carbons (Fsp3) is 1.00. The molecule has 0 aromatic carbocycles. The van der Waals surface area contributed by atoms with Crippen LogP contribution >= 0.6 is 0 Å². The summed E-state index contributed by atoms with van der Waals surface area (Å²) in [5.74, 6) is -0.455. The lowest BCUT2D eigenvalue weighted by Crippen LogP contribution is -2.72. The van der Waals surface area contributed by atoms with Gasteiger partial charge in [-0.3, -0.25) is 9.80 Å². The maximum Gasteiger partial charge on any atom is 0.204 e. The normalized spacial score (nSPS) is 20.1. The van der Waals surface area contributed by atoms with E-state index in [1.54, 1.807) is 0 Å². The van der Waals surface area contributed by atoms with Gasteiger partial charge in [0.15, 0.2) is 0 Å². The van der Waals surface area contributed by atoms with Crippen LogP contribution in [0.2, 0.25) is 0 Å². The predicted molar refractivity (Wildman–Crippen MR) is 83.7 cm³/mol. The molecule has 0 aromatic rings. The van der Waals surface area contributed by atoms with Gasteiger partial charge in [0.1, 0.15) is 6.61 Å². The molecule has 0 radical (unpaired) electrons. The number of ether oxygens (including phenoxy) is 2. The monoisotopic (exact) mass is 286 g/mol. The molecular weight excluding hydrogens is 252 g/mol. The minimum atomic E-state index is -0.455. The average molecular weight is 286 g/mol. The van der Waals surface area contributed by atoms with E-state index in [1.165, 1.54) is 0 Å². The van der Waals surface area contributed by atoms with Gasteiger partial charge in [-0.2, -0.15) is 0 Å². The minimum Gasteiger partial charge on any atom is -0.373 e. The summed E-state index contributed by atoms with van der Waals surface area (Å²) in [5.41, 5.74) is 0. The molecule has 1 rings (SSSR count). The van der Waals surface area contributed by atoms with Crippen molar-refractivity contribution < 1.29 is 9.47 Å². The lowest BCUT2D eigenvalue weighted by Gasteiger charge is -2.57. The van der Waals surface area contributed by atoms with Crippen molar-refractivity contribution in [2.24, 2.45) is 0 Å². The lowest BCUT2D eigenvalue weighted by atomic mass is 10.1. The van der Waals surface area contributed by atoms with Gasteiger partial charge in [-0.1, -0.05) is 0 Å². The van der Waals surface area contributed by atoms with Gasteiger partial charge in [0.2, 0.25) is 5.85 Å². The number of hydrogen-bond donors (Lipinski definition) is 0. The predicted octanol–water partition coefficient (Wildman–Crippen LogP) is 2.92. The van der Waals surface area contributed by atoms with Gasteiger partial charge in [-0.15, -0.1) is 0 Å². The van der Waals surface area contributed by atoms with Crippen LogP contribution in [0.3, 0.4) is 0 Å². The molecule has 20 heavy (non-hydrogen) atoms. The van der Waals surface area contributed by atoms with Crippen LogP contribution in [0, 0.1) is 0 Å². The van der Waals surface area contributed by atoms with E-state index in [4.69, 9.17) is 9.47 Å². The summed E-state index contributed by atoms with van der Waals surface area (Å²) in [6.07, 6.45) is 0. The Morgan fingerprint density at radius 1 is 0.700 bits per heavy atom. The van der Waals surface area contributed by atoms with E-state index in [9.17, 15) is 0 Å². The van der Waals surface area contributed by atoms with Crippen molar-refractivity contribution >= 4 is 0 Å². The van der Waals surface area contributed by atoms with Gasteiger partial charge < -0.3 is 9.47 Å². The molecule has 1 aliphatic rings. The summed E-state index contributed by atoms with van der Waals surface area (Å²) in [7, 11) is 0. The molecule has 0 unspecified atom stereocenters. The number of nitrogens with zero attached hydrogens (tertiary/aromatic N) is 2. The quantitative estimate of drug-likeness (QED) is 0.701. The minimum absolute atomic E-state index is 0.400. The van der Waals surface area contributed by atoms with Crippen LogP contribution in [0.5, 0.6) is 0 Å². The zero-order valence-electron chi connectivity index (χ0n) is 14.6. The van der Waals surface area contributed by atoms with Gasteiger partial charge in [-0.05, 0) is 55.4 Å². The molecule has 0 atom stereocenters. The van der Waals surface area contributed by atoms with Gasteiger partial charge in [0.05, 0.1) is 13.2 Å². The first kappa shape index (κ1) is 17.9. The van der Waals surface area contributed by atoms with Crippen molar-refractivity contribution in [1.29, 1.82) is 0 Å². The highest BCUT2D eigenvalue weighted by Gasteiger charge is 2.49. The Balaban J connectivity index is 3.25. The van der Waals surface area contributed by atoms with Crippen molar-refractivity contribution in [2.45, 2.75) is 85.4 Å². The van der Waals surface area contributed by atoms with E-state index in [0.29, 0.717) is 44.0 Å². The van der Waals surface area contributed by atoms with E-state index in [1.807, 2.05) is 0 Å². The molecule has 1 fully saturated rings. The molecule has 1 saturated heterocycles. The summed E-state index contributed by atoms with van der Waals surface area (Å²) >= 11 is 0. The zero-order chi connectivity index (χ0) is 15.5. The van der Waals surface area contributed by atoms with Crippen LogP contribution in [0.4, 0.5) is 0 Å². The Bertz CT molecular complexity index is 246. The van der Waals surface area contributed by atoms with E-state index >= 15 is 0 Å². The Labute approximate surface area is 125 Å². The van der Waals surface area contributed by atoms with Crippen LogP contribution < -0.4 is 0 Å². The molecule has 1 aliphatic heterocycles. The summed E-state index contributed by atoms with van der Waals surface area (Å²) in [6, 6.07) is 1.60. The zero-order valence-corrected chi connectivity index (χ0v) is 14.6. The van der Waals surface area contributed by atoms with Crippen molar-refractivity contribution in [1.82, 2.24) is 9.80 Å². The molecule has 0 saturated carbocycles. The van der Waals surface area contributed by atoms with Crippen LogP contribution in [0.1, 0.15) is 55.4 Å². The van der Waals surface area contributed by atoms with Crippen LogP contribution in [-0.4, -0.2) is 59.6 Å². The summed E-state index contributed by atoms with van der Waals surface area (Å²) in [5, 5.41) is 0. The van der Waals surface area contributed by atoms with Crippen molar-refractivity contribution in [3.8, 4) is 0 Å². The molecular formula is C16H34N2O2. The first-order valence-electron chi connectivity index (χ1n) is 8.02. The third-order valence-electron chi connectivity index (χ3n) is 3.88. The van der Waals surface area contributed by atoms with E-state index in [0.717, 1.165) is 0 Å². The number of rotatable bonds is 6. The second-order valence-corrected chi connectivity index (χ2v) is 6.83. The van der Waals surface area contributed by atoms with Crippen LogP contribution in [0.15, 0.2) is 0 Å². The highest BCUT2D eigenvalue weighted by molar-refractivity contribution is 4.91. The van der Waals surface area contributed by atoms with Crippen molar-refractivity contribution in [3.63, 3.8) is 0 Å². The molecule has 0 spiro atoms. The summed E-state index contributed by atoms with van der Waals surface area (Å²) < 4.78 is 12.2. The average Bonchev–Trinajstić information content (AvgIpc) is 2.27. The Morgan fingerprint density at radius 2 is 1.10 bits per heavy atom. The Hall–Kier alpha value is -0.160. The molecule has 0 N–H and O–H groups in total. The second-order valence-electron chi connectivity index (χ2n) is 6.83. The SMILES string of the molecule is CC(C)N(C(C)C)C1(N(C(C)C)C(C)C)COCCO1. The first-order chi connectivity index (χ1) is 9.24. The first-order valence-corrected chi connectivity index (χ1v) is 8.02. The smallest absolute Gasteiger partial charge is 0.204 e. The maximum absolute atomic E-state index is 6.36. The highest BCUT2D eigenvalue weighted by Crippen LogP contribution is 2.33. The Morgan fingerprint density at radius 3 is 1.35 bits per heavy atom. The molecule has 0 bridgehead atoms. The van der Waals surface area contributed by atoms with Gasteiger partial charge in [0.25, 0.3) is 0 Å². The largest absolute Gasteiger partial charge is 0.373 e. The topological polar surface area (TPSA) is 24.9 Å². The highest BCUT2D eigenvalue weighted by atomic mass is 16.6. The van der Waals surface area contributed by atoms with E-state index in [-0.39, 0.29) is 0 Å². The molecule has 1 heterocycles. The fourth-order valence-electron chi connectivity index (χ4n) is 3.75. The van der Waals surface area contributed by atoms with Gasteiger partial charge in [-0.25, -0.2) is 0 Å². The number of hydrogen-bond acceptors (Lipinski definition) is 4. The molecule has 0 amide bonds. The molecule has 0 aliphatic carbocycles. The van der Waals surface area contributed by atoms with E-state index in [2.05, 4.69) is 65.2 Å². The molecule has 4 nitrogen and oxygen atoms in total. The molecule has 4 heteroatoms. The Kier molecular flexibility index (Phi) is 6.45. The van der Waals surface area contributed by atoms with Crippen molar-refractivity contribution in [3.05, 3.63) is 0 Å². The second kappa shape index (κ2) is 7.21. The fourth-order valence-corrected chi connectivity index (χ4v) is 3.75. The lowest BCUT2D eigenvalue weighted by molar-refractivity contribution is -0.327. The van der Waals surface area contributed by atoms with Crippen LogP contribution in [-0.2, 0) is 9.47 Å².